The second-order valence-electron chi connectivity index (χ2n) is 3.44. The van der Waals surface area contributed by atoms with Crippen LogP contribution in [0.5, 0.6) is 0 Å². The molecular weight excluding hydrogens is 248 g/mol. The van der Waals surface area contributed by atoms with Crippen molar-refractivity contribution in [3.63, 3.8) is 0 Å². The number of nitrogens with zero attached hydrogens (tertiary/aromatic N) is 3. The van der Waals surface area contributed by atoms with Gasteiger partial charge in [-0.2, -0.15) is 0 Å². The molecule has 0 aliphatic heterocycles. The lowest BCUT2D eigenvalue weighted by Gasteiger charge is -2.07. The zero-order valence-electron chi connectivity index (χ0n) is 9.70. The molecule has 0 aliphatic rings. The van der Waals surface area contributed by atoms with Crippen LogP contribution in [0.2, 0.25) is 0 Å². The van der Waals surface area contributed by atoms with Crippen LogP contribution in [0.1, 0.15) is 20.8 Å². The third-order valence-electron chi connectivity index (χ3n) is 2.15. The number of nitrogens with one attached hydrogen (secondary N) is 2. The summed E-state index contributed by atoms with van der Waals surface area (Å²) in [7, 11) is 0. The van der Waals surface area contributed by atoms with Gasteiger partial charge >= 0.3 is 0 Å². The number of carbonyl (C=O) groups excluding carboxylic acids is 2. The molecular formula is C11H10N6O2. The Bertz CT molecular complexity index is 601. The number of hydrogen-bond acceptors (Lipinski definition) is 6. The highest BCUT2D eigenvalue weighted by atomic mass is 16.2. The van der Waals surface area contributed by atoms with E-state index in [2.05, 4.69) is 25.8 Å². The Kier molecular flexibility index (Phi) is 3.62. The maximum Gasteiger partial charge on any atom is 0.292 e. The quantitative estimate of drug-likeness (QED) is 0.626. The summed E-state index contributed by atoms with van der Waals surface area (Å²) < 4.78 is 0. The molecule has 0 fully saturated rings. The Labute approximate surface area is 108 Å². The van der Waals surface area contributed by atoms with E-state index in [0.717, 1.165) is 0 Å². The van der Waals surface area contributed by atoms with Crippen molar-refractivity contribution in [1.29, 1.82) is 0 Å². The Morgan fingerprint density at radius 3 is 2.47 bits per heavy atom. The number of nitrogens with two attached hydrogens (primary N) is 1. The fourth-order valence-electron chi connectivity index (χ4n) is 1.27. The summed E-state index contributed by atoms with van der Waals surface area (Å²) in [6.45, 7) is 0. The summed E-state index contributed by atoms with van der Waals surface area (Å²) in [5.41, 5.74) is 10.1. The average molecular weight is 258 g/mol. The lowest BCUT2D eigenvalue weighted by Crippen LogP contribution is -2.42. The van der Waals surface area contributed by atoms with Gasteiger partial charge in [-0.25, -0.2) is 9.97 Å². The second-order valence-corrected chi connectivity index (χ2v) is 3.44. The van der Waals surface area contributed by atoms with E-state index >= 15 is 0 Å². The summed E-state index contributed by atoms with van der Waals surface area (Å²) >= 11 is 0. The third kappa shape index (κ3) is 3.00. The summed E-state index contributed by atoms with van der Waals surface area (Å²) in [6, 6.07) is 3.17. The molecule has 8 nitrogen and oxygen atoms in total. The number of rotatable bonds is 2. The molecule has 19 heavy (non-hydrogen) atoms. The predicted octanol–water partition coefficient (Wildman–Crippen LogP) is -0.471. The molecule has 2 amide bonds. The van der Waals surface area contributed by atoms with Gasteiger partial charge in [-0.1, -0.05) is 0 Å². The first-order valence-corrected chi connectivity index (χ1v) is 5.25. The standard InChI is InChI=1S/C11H10N6O2/c12-9-8(14-4-5-15-9)11(19)17-16-10(18)7-2-1-3-13-6-7/h1-6H,(H2,12,15)(H,16,18)(H,17,19). The summed E-state index contributed by atoms with van der Waals surface area (Å²) in [4.78, 5) is 34.6. The molecule has 2 aromatic rings. The van der Waals surface area contributed by atoms with Crippen molar-refractivity contribution < 1.29 is 9.59 Å². The number of aromatic nitrogens is 3. The van der Waals surface area contributed by atoms with Crippen LogP contribution < -0.4 is 16.6 Å². The minimum absolute atomic E-state index is 0.0179. The summed E-state index contributed by atoms with van der Waals surface area (Å²) in [6.07, 6.45) is 5.60. The van der Waals surface area contributed by atoms with Crippen molar-refractivity contribution >= 4 is 17.6 Å². The number of anilines is 1. The van der Waals surface area contributed by atoms with Gasteiger partial charge in [0.1, 0.15) is 0 Å². The molecule has 4 N–H and O–H groups in total. The minimum atomic E-state index is -0.650. The molecule has 0 unspecified atom stereocenters. The van der Waals surface area contributed by atoms with Crippen LogP contribution in [0.25, 0.3) is 0 Å². The number of pyridine rings is 1. The largest absolute Gasteiger partial charge is 0.382 e. The van der Waals surface area contributed by atoms with Gasteiger partial charge in [0.25, 0.3) is 11.8 Å². The Morgan fingerprint density at radius 1 is 1.05 bits per heavy atom. The second kappa shape index (κ2) is 5.54. The van der Waals surface area contributed by atoms with Crippen LogP contribution in [0.4, 0.5) is 5.82 Å². The highest BCUT2D eigenvalue weighted by Crippen LogP contribution is 2.01. The first kappa shape index (κ1) is 12.4. The topological polar surface area (TPSA) is 123 Å². The fourth-order valence-corrected chi connectivity index (χ4v) is 1.27. The van der Waals surface area contributed by atoms with E-state index in [-0.39, 0.29) is 11.5 Å². The molecule has 0 bridgehead atoms. The molecule has 2 heterocycles. The van der Waals surface area contributed by atoms with Crippen LogP contribution in [0, 0.1) is 0 Å². The van der Waals surface area contributed by atoms with E-state index in [1.54, 1.807) is 12.1 Å². The Balaban J connectivity index is 1.98. The van der Waals surface area contributed by atoms with Gasteiger partial charge in [0.15, 0.2) is 11.5 Å². The number of hydrogen-bond donors (Lipinski definition) is 3. The first-order valence-electron chi connectivity index (χ1n) is 5.25. The molecule has 0 saturated carbocycles. The zero-order valence-corrected chi connectivity index (χ0v) is 9.70. The van der Waals surface area contributed by atoms with Crippen LogP contribution in [0.3, 0.4) is 0 Å². The lowest BCUT2D eigenvalue weighted by molar-refractivity contribution is 0.0844. The van der Waals surface area contributed by atoms with Gasteiger partial charge < -0.3 is 5.73 Å². The molecule has 2 aromatic heterocycles. The first-order chi connectivity index (χ1) is 9.18. The van der Waals surface area contributed by atoms with Crippen molar-refractivity contribution in [2.45, 2.75) is 0 Å². The van der Waals surface area contributed by atoms with Gasteiger partial charge in [-0.05, 0) is 12.1 Å². The maximum atomic E-state index is 11.7. The summed E-state index contributed by atoms with van der Waals surface area (Å²) in [5, 5.41) is 0. The molecule has 0 aliphatic carbocycles. The van der Waals surface area contributed by atoms with E-state index in [1.165, 1.54) is 24.8 Å². The fraction of sp³-hybridized carbons (Fsp3) is 0. The van der Waals surface area contributed by atoms with E-state index in [4.69, 9.17) is 5.73 Å². The smallest absolute Gasteiger partial charge is 0.292 e. The maximum absolute atomic E-state index is 11.7. The minimum Gasteiger partial charge on any atom is -0.382 e. The van der Waals surface area contributed by atoms with Crippen molar-refractivity contribution in [1.82, 2.24) is 25.8 Å². The van der Waals surface area contributed by atoms with Crippen LogP contribution >= 0.6 is 0 Å². The number of carbonyl (C=O) groups is 2. The Morgan fingerprint density at radius 2 is 1.79 bits per heavy atom. The van der Waals surface area contributed by atoms with E-state index in [0.29, 0.717) is 5.56 Å². The summed E-state index contributed by atoms with van der Waals surface area (Å²) in [5.74, 6) is -1.16. The third-order valence-corrected chi connectivity index (χ3v) is 2.15. The van der Waals surface area contributed by atoms with E-state index < -0.39 is 11.8 Å². The van der Waals surface area contributed by atoms with E-state index in [9.17, 15) is 9.59 Å². The normalized spacial score (nSPS) is 9.68. The van der Waals surface area contributed by atoms with Gasteiger partial charge in [0.05, 0.1) is 5.56 Å². The van der Waals surface area contributed by atoms with Gasteiger partial charge in [0.2, 0.25) is 0 Å². The number of nitrogen functional groups attached to an aromatic ring is 1. The molecule has 2 rings (SSSR count). The Hall–Kier alpha value is -3.03. The SMILES string of the molecule is Nc1nccnc1C(=O)NNC(=O)c1cccnc1. The van der Waals surface area contributed by atoms with Crippen LogP contribution in [-0.2, 0) is 0 Å². The number of hydrazine groups is 1. The van der Waals surface area contributed by atoms with Crippen LogP contribution in [0.15, 0.2) is 36.9 Å². The molecule has 0 spiro atoms. The molecule has 0 atom stereocenters. The van der Waals surface area contributed by atoms with Gasteiger partial charge in [0, 0.05) is 24.8 Å². The van der Waals surface area contributed by atoms with Crippen molar-refractivity contribution in [2.24, 2.45) is 0 Å². The van der Waals surface area contributed by atoms with Crippen molar-refractivity contribution in [3.8, 4) is 0 Å². The van der Waals surface area contributed by atoms with Gasteiger partial charge in [-0.15, -0.1) is 0 Å². The van der Waals surface area contributed by atoms with Crippen molar-refractivity contribution in [3.05, 3.63) is 48.2 Å². The zero-order chi connectivity index (χ0) is 13.7. The predicted molar refractivity (Wildman–Crippen MR) is 65.6 cm³/mol. The number of amides is 2. The highest BCUT2D eigenvalue weighted by molar-refractivity contribution is 5.99. The molecule has 0 radical (unpaired) electrons. The molecule has 0 aromatic carbocycles. The molecule has 96 valence electrons. The molecule has 8 heteroatoms. The van der Waals surface area contributed by atoms with Gasteiger partial charge in [-0.3, -0.25) is 25.4 Å². The lowest BCUT2D eigenvalue weighted by atomic mass is 10.3. The highest BCUT2D eigenvalue weighted by Gasteiger charge is 2.13. The molecule has 0 saturated heterocycles. The van der Waals surface area contributed by atoms with E-state index in [1.807, 2.05) is 0 Å². The van der Waals surface area contributed by atoms with Crippen LogP contribution in [-0.4, -0.2) is 26.8 Å². The average Bonchev–Trinajstić information content (AvgIpc) is 2.46. The van der Waals surface area contributed by atoms with Crippen molar-refractivity contribution in [2.75, 3.05) is 5.73 Å². The monoisotopic (exact) mass is 258 g/mol.